The number of aromatic amines is 1. The summed E-state index contributed by atoms with van der Waals surface area (Å²) >= 11 is 5.44. The molecule has 0 unspecified atom stereocenters. The molecule has 0 fully saturated rings. The molecule has 0 spiro atoms. The van der Waals surface area contributed by atoms with Crippen molar-refractivity contribution in [3.8, 4) is 0 Å². The first-order chi connectivity index (χ1) is 10.8. The summed E-state index contributed by atoms with van der Waals surface area (Å²) in [7, 11) is -3.96. The van der Waals surface area contributed by atoms with Crippen molar-refractivity contribution in [3.63, 3.8) is 0 Å². The first-order valence-electron chi connectivity index (χ1n) is 5.77. The molecule has 0 aliphatic carbocycles. The Hall–Kier alpha value is -2.41. The fraction of sp³-hybridized carbons (Fsp3) is 0.200. The van der Waals surface area contributed by atoms with Crippen LogP contribution >= 0.6 is 11.6 Å². The SMILES string of the molecule is CS(=O)(=O)Nc1nc2cc(C(F)(F)F)c(Cl)c([N+](=O)[O-])c2[nH]c1=O. The Morgan fingerprint density at radius 1 is 1.42 bits per heavy atom. The zero-order valence-electron chi connectivity index (χ0n) is 11.4. The number of nitrogens with zero attached hydrogens (tertiary/aromatic N) is 2. The van der Waals surface area contributed by atoms with Gasteiger partial charge in [0.25, 0.3) is 5.56 Å². The van der Waals surface area contributed by atoms with Crippen molar-refractivity contribution in [3.05, 3.63) is 37.1 Å². The molecule has 0 aliphatic rings. The number of hydrogen-bond donors (Lipinski definition) is 2. The zero-order chi connectivity index (χ0) is 18.4. The molecule has 2 N–H and O–H groups in total. The second-order valence-electron chi connectivity index (χ2n) is 4.52. The summed E-state index contributed by atoms with van der Waals surface area (Å²) in [4.78, 5) is 26.9. The predicted octanol–water partition coefficient (Wildman–Crippen LogP) is 1.88. The van der Waals surface area contributed by atoms with Gasteiger partial charge in [-0.05, 0) is 6.07 Å². The summed E-state index contributed by atoms with van der Waals surface area (Å²) < 4.78 is 62.8. The lowest BCUT2D eigenvalue weighted by Crippen LogP contribution is -2.21. The van der Waals surface area contributed by atoms with Crippen LogP contribution in [0.3, 0.4) is 0 Å². The van der Waals surface area contributed by atoms with Crippen molar-refractivity contribution in [2.45, 2.75) is 6.18 Å². The molecule has 0 atom stereocenters. The number of halogens is 4. The highest BCUT2D eigenvalue weighted by atomic mass is 35.5. The van der Waals surface area contributed by atoms with Gasteiger partial charge in [0.2, 0.25) is 15.8 Å². The van der Waals surface area contributed by atoms with Gasteiger partial charge in [-0.15, -0.1) is 0 Å². The molecule has 2 rings (SSSR count). The van der Waals surface area contributed by atoms with Crippen molar-refractivity contribution in [1.82, 2.24) is 9.97 Å². The molecule has 0 aliphatic heterocycles. The Morgan fingerprint density at radius 3 is 2.46 bits per heavy atom. The third-order valence-electron chi connectivity index (χ3n) is 2.67. The zero-order valence-corrected chi connectivity index (χ0v) is 13.0. The molecule has 0 radical (unpaired) electrons. The molecular weight excluding hydrogens is 381 g/mol. The summed E-state index contributed by atoms with van der Waals surface area (Å²) in [6, 6.07) is 0.369. The largest absolute Gasteiger partial charge is 0.418 e. The second kappa shape index (κ2) is 5.59. The van der Waals surface area contributed by atoms with Gasteiger partial charge in [-0.3, -0.25) is 19.6 Å². The lowest BCUT2D eigenvalue weighted by atomic mass is 10.1. The summed E-state index contributed by atoms with van der Waals surface area (Å²) in [6.07, 6.45) is -4.35. The number of hydrogen-bond acceptors (Lipinski definition) is 6. The molecule has 24 heavy (non-hydrogen) atoms. The maximum absolute atomic E-state index is 13.0. The highest BCUT2D eigenvalue weighted by Crippen LogP contribution is 2.42. The van der Waals surface area contributed by atoms with Gasteiger partial charge in [-0.25, -0.2) is 13.4 Å². The molecule has 9 nitrogen and oxygen atoms in total. The molecule has 1 heterocycles. The fourth-order valence-electron chi connectivity index (χ4n) is 1.81. The fourth-order valence-corrected chi connectivity index (χ4v) is 2.62. The lowest BCUT2D eigenvalue weighted by Gasteiger charge is -2.11. The number of anilines is 1. The number of nitro groups is 1. The van der Waals surface area contributed by atoms with E-state index in [1.165, 1.54) is 0 Å². The van der Waals surface area contributed by atoms with Gasteiger partial charge < -0.3 is 4.98 Å². The Labute approximate surface area is 135 Å². The predicted molar refractivity (Wildman–Crippen MR) is 77.5 cm³/mol. The van der Waals surface area contributed by atoms with Gasteiger partial charge in [0, 0.05) is 0 Å². The molecule has 1 aromatic heterocycles. The Kier molecular flexibility index (Phi) is 4.18. The van der Waals surface area contributed by atoms with Gasteiger partial charge in [0.15, 0.2) is 0 Å². The lowest BCUT2D eigenvalue weighted by molar-refractivity contribution is -0.383. The van der Waals surface area contributed by atoms with Crippen LogP contribution in [0.4, 0.5) is 24.7 Å². The van der Waals surface area contributed by atoms with E-state index < -0.39 is 59.8 Å². The number of alkyl halides is 3. The van der Waals surface area contributed by atoms with Crippen LogP contribution in [0.15, 0.2) is 10.9 Å². The van der Waals surface area contributed by atoms with E-state index in [9.17, 15) is 36.5 Å². The number of fused-ring (bicyclic) bond motifs is 1. The van der Waals surface area contributed by atoms with E-state index in [1.54, 1.807) is 4.72 Å². The minimum Gasteiger partial charge on any atom is -0.312 e. The molecule has 14 heteroatoms. The number of benzene rings is 1. The molecule has 0 amide bonds. The number of H-pyrrole nitrogens is 1. The van der Waals surface area contributed by atoms with Crippen LogP contribution in [0.2, 0.25) is 5.02 Å². The number of nitrogens with one attached hydrogen (secondary N) is 2. The second-order valence-corrected chi connectivity index (χ2v) is 6.65. The van der Waals surface area contributed by atoms with Crippen LogP contribution in [-0.2, 0) is 16.2 Å². The normalized spacial score (nSPS) is 12.4. The molecule has 130 valence electrons. The number of nitro benzene ring substituents is 1. The van der Waals surface area contributed by atoms with Crippen LogP contribution in [0.25, 0.3) is 11.0 Å². The van der Waals surface area contributed by atoms with Gasteiger partial charge in [0.05, 0.1) is 22.3 Å². The molecule has 0 bridgehead atoms. The summed E-state index contributed by atoms with van der Waals surface area (Å²) in [5, 5.41) is 9.81. The molecule has 2 aromatic rings. The van der Waals surface area contributed by atoms with Crippen LogP contribution in [-0.4, -0.2) is 29.6 Å². The van der Waals surface area contributed by atoms with Crippen LogP contribution < -0.4 is 10.3 Å². The Bertz CT molecular complexity index is 1020. The first kappa shape index (κ1) is 17.9. The van der Waals surface area contributed by atoms with Crippen molar-refractivity contribution >= 4 is 44.2 Å². The summed E-state index contributed by atoms with van der Waals surface area (Å²) in [6.45, 7) is 0. The average molecular weight is 387 g/mol. The van der Waals surface area contributed by atoms with Crippen LogP contribution in [0.5, 0.6) is 0 Å². The molecular formula is C10H6ClF3N4O5S. The standard InChI is InChI=1S/C10H6ClF3N4O5S/c1-24(22,23)17-8-9(19)16-6-4(15-8)2-3(10(12,13)14)5(11)7(6)18(20)21/h2H,1H3,(H,15,17)(H,16,19). The van der Waals surface area contributed by atoms with E-state index in [2.05, 4.69) is 4.98 Å². The Balaban J connectivity index is 2.93. The third kappa shape index (κ3) is 3.41. The first-order valence-corrected chi connectivity index (χ1v) is 8.04. The molecule has 0 saturated carbocycles. The van der Waals surface area contributed by atoms with Gasteiger partial charge >= 0.3 is 11.9 Å². The summed E-state index contributed by atoms with van der Waals surface area (Å²) in [5.74, 6) is -0.838. The van der Waals surface area contributed by atoms with E-state index in [-0.39, 0.29) is 0 Å². The van der Waals surface area contributed by atoms with Crippen molar-refractivity contribution in [1.29, 1.82) is 0 Å². The Morgan fingerprint density at radius 2 is 2.00 bits per heavy atom. The third-order valence-corrected chi connectivity index (χ3v) is 3.62. The highest BCUT2D eigenvalue weighted by Gasteiger charge is 2.38. The highest BCUT2D eigenvalue weighted by molar-refractivity contribution is 7.92. The minimum atomic E-state index is -5.03. The maximum atomic E-state index is 13.0. The molecule has 1 aromatic carbocycles. The maximum Gasteiger partial charge on any atom is 0.418 e. The number of aromatic nitrogens is 2. The van der Waals surface area contributed by atoms with E-state index >= 15 is 0 Å². The van der Waals surface area contributed by atoms with E-state index in [1.807, 2.05) is 4.98 Å². The number of sulfonamides is 1. The summed E-state index contributed by atoms with van der Waals surface area (Å²) in [5.41, 5.74) is -5.26. The van der Waals surface area contributed by atoms with Crippen molar-refractivity contribution < 1.29 is 26.5 Å². The van der Waals surface area contributed by atoms with Crippen LogP contribution in [0.1, 0.15) is 5.56 Å². The number of rotatable bonds is 3. The van der Waals surface area contributed by atoms with Crippen molar-refractivity contribution in [2.75, 3.05) is 11.0 Å². The quantitative estimate of drug-likeness (QED) is 0.610. The van der Waals surface area contributed by atoms with Crippen LogP contribution in [0, 0.1) is 10.1 Å². The van der Waals surface area contributed by atoms with E-state index in [0.29, 0.717) is 12.3 Å². The van der Waals surface area contributed by atoms with E-state index in [0.717, 1.165) is 0 Å². The minimum absolute atomic E-state index is 0.369. The smallest absolute Gasteiger partial charge is 0.312 e. The van der Waals surface area contributed by atoms with Crippen molar-refractivity contribution in [2.24, 2.45) is 0 Å². The average Bonchev–Trinajstić information content (AvgIpc) is 2.36. The monoisotopic (exact) mass is 386 g/mol. The van der Waals surface area contributed by atoms with Gasteiger partial charge in [0.1, 0.15) is 10.5 Å². The topological polar surface area (TPSA) is 135 Å². The molecule has 0 saturated heterocycles. The van der Waals surface area contributed by atoms with Gasteiger partial charge in [-0.2, -0.15) is 13.2 Å². The van der Waals surface area contributed by atoms with Gasteiger partial charge in [-0.1, -0.05) is 11.6 Å². The van der Waals surface area contributed by atoms with E-state index in [4.69, 9.17) is 11.6 Å².